The summed E-state index contributed by atoms with van der Waals surface area (Å²) in [6.45, 7) is 6.77. The van der Waals surface area contributed by atoms with Crippen LogP contribution in [0.15, 0.2) is 23.8 Å². The molecule has 0 unspecified atom stereocenters. The fourth-order valence-corrected chi connectivity index (χ4v) is 7.78. The van der Waals surface area contributed by atoms with Gasteiger partial charge in [-0.3, -0.25) is 0 Å². The Morgan fingerprint density at radius 3 is 2.68 bits per heavy atom. The topological polar surface area (TPSA) is 46.5 Å². The molecule has 0 heterocycles. The molecular weight excluding hydrogens is 348 g/mol. The van der Waals surface area contributed by atoms with Gasteiger partial charge >= 0.3 is 5.97 Å². The van der Waals surface area contributed by atoms with Gasteiger partial charge in [-0.15, -0.1) is 0 Å². The van der Waals surface area contributed by atoms with Crippen molar-refractivity contribution in [2.45, 2.75) is 77.7 Å². The minimum Gasteiger partial charge on any atom is -0.466 e. The summed E-state index contributed by atoms with van der Waals surface area (Å²) in [6, 6.07) is 0. The molecule has 0 aromatic rings. The molecule has 4 rings (SSSR count). The number of carbonyl (C=O) groups excluding carboxylic acids is 1. The smallest absolute Gasteiger partial charge is 0.330 e. The lowest BCUT2D eigenvalue weighted by atomic mass is 9.48. The van der Waals surface area contributed by atoms with Crippen molar-refractivity contribution >= 4 is 5.97 Å². The average Bonchev–Trinajstić information content (AvgIpc) is 3.01. The normalized spacial score (nSPS) is 46.3. The number of allylic oxidation sites excluding steroid dienone is 3. The molecule has 0 radical (unpaired) electrons. The van der Waals surface area contributed by atoms with Gasteiger partial charge in [-0.25, -0.2) is 4.79 Å². The van der Waals surface area contributed by atoms with Crippen molar-refractivity contribution in [1.82, 2.24) is 0 Å². The standard InChI is InChI=1S/C25H38O3/c1-16(5-10-23(26)28-4)21-8-9-22-20-7-6-17-15-24(2,27)13-11-18(17)19(20)12-14-25(21,22)3/h5,8,10,16-20,22,27H,6-7,9,11-15H2,1-4H3/b10-5+/t16-,17+,18+,19-,20-,22+,24+,25-/m1/s1. The molecule has 4 aliphatic rings. The van der Waals surface area contributed by atoms with Gasteiger partial charge < -0.3 is 9.84 Å². The van der Waals surface area contributed by atoms with E-state index in [0.717, 1.165) is 42.4 Å². The number of fused-ring (bicyclic) bond motifs is 5. The quantitative estimate of drug-likeness (QED) is 0.407. The summed E-state index contributed by atoms with van der Waals surface area (Å²) in [5.74, 6) is 4.08. The molecule has 4 aliphatic carbocycles. The highest BCUT2D eigenvalue weighted by Gasteiger charge is 2.55. The van der Waals surface area contributed by atoms with Crippen LogP contribution in [0.1, 0.15) is 72.1 Å². The number of ether oxygens (including phenoxy) is 1. The van der Waals surface area contributed by atoms with Crippen LogP contribution in [0.5, 0.6) is 0 Å². The highest BCUT2D eigenvalue weighted by Crippen LogP contribution is 2.64. The second kappa shape index (κ2) is 7.31. The zero-order valence-electron chi connectivity index (χ0n) is 18.1. The summed E-state index contributed by atoms with van der Waals surface area (Å²) >= 11 is 0. The van der Waals surface area contributed by atoms with Crippen LogP contribution in [-0.4, -0.2) is 23.8 Å². The van der Waals surface area contributed by atoms with Crippen LogP contribution in [0, 0.1) is 40.9 Å². The fourth-order valence-electron chi connectivity index (χ4n) is 7.78. The highest BCUT2D eigenvalue weighted by molar-refractivity contribution is 5.81. The summed E-state index contributed by atoms with van der Waals surface area (Å²) in [5, 5.41) is 10.6. The summed E-state index contributed by atoms with van der Waals surface area (Å²) in [5.41, 5.74) is 1.40. The minimum atomic E-state index is -0.430. The molecular formula is C25H38O3. The summed E-state index contributed by atoms with van der Waals surface area (Å²) < 4.78 is 4.77. The molecule has 1 N–H and O–H groups in total. The molecule has 0 spiro atoms. The fraction of sp³-hybridized carbons (Fsp3) is 0.800. The van der Waals surface area contributed by atoms with E-state index < -0.39 is 5.60 Å². The van der Waals surface area contributed by atoms with Gasteiger partial charge in [-0.2, -0.15) is 0 Å². The van der Waals surface area contributed by atoms with Gasteiger partial charge in [0.05, 0.1) is 12.7 Å². The summed E-state index contributed by atoms with van der Waals surface area (Å²) in [6.07, 6.45) is 15.8. The summed E-state index contributed by atoms with van der Waals surface area (Å²) in [4.78, 5) is 11.5. The third kappa shape index (κ3) is 3.38. The molecule has 0 amide bonds. The lowest BCUT2D eigenvalue weighted by molar-refractivity contribution is -0.134. The number of hydrogen-bond acceptors (Lipinski definition) is 3. The molecule has 0 bridgehead atoms. The third-order valence-electron chi connectivity index (χ3n) is 9.09. The Balaban J connectivity index is 1.49. The van der Waals surface area contributed by atoms with Crippen molar-refractivity contribution in [3.63, 3.8) is 0 Å². The van der Waals surface area contributed by atoms with E-state index in [1.54, 1.807) is 11.6 Å². The molecule has 3 fully saturated rings. The third-order valence-corrected chi connectivity index (χ3v) is 9.09. The highest BCUT2D eigenvalue weighted by atomic mass is 16.5. The predicted octanol–water partition coefficient (Wildman–Crippen LogP) is 5.29. The first kappa shape index (κ1) is 20.2. The van der Waals surface area contributed by atoms with Crippen LogP contribution in [0.4, 0.5) is 0 Å². The van der Waals surface area contributed by atoms with Crippen LogP contribution in [0.2, 0.25) is 0 Å². The van der Waals surface area contributed by atoms with E-state index in [9.17, 15) is 9.90 Å². The lowest BCUT2D eigenvalue weighted by Gasteiger charge is -2.57. The first-order chi connectivity index (χ1) is 13.2. The summed E-state index contributed by atoms with van der Waals surface area (Å²) in [7, 11) is 1.44. The zero-order valence-corrected chi connectivity index (χ0v) is 18.1. The van der Waals surface area contributed by atoms with Gasteiger partial charge in [-0.05, 0) is 99.2 Å². The number of carbonyl (C=O) groups is 1. The Kier molecular flexibility index (Phi) is 5.27. The van der Waals surface area contributed by atoms with Crippen molar-refractivity contribution in [2.75, 3.05) is 7.11 Å². The Morgan fingerprint density at radius 2 is 1.93 bits per heavy atom. The first-order valence-electron chi connectivity index (χ1n) is 11.4. The molecule has 0 aromatic carbocycles. The van der Waals surface area contributed by atoms with E-state index in [0.29, 0.717) is 5.92 Å². The Labute approximate surface area is 170 Å². The molecule has 0 aliphatic heterocycles. The Bertz CT molecular complexity index is 675. The van der Waals surface area contributed by atoms with Gasteiger partial charge in [-0.1, -0.05) is 31.6 Å². The van der Waals surface area contributed by atoms with Crippen LogP contribution in [0.25, 0.3) is 0 Å². The number of aliphatic hydroxyl groups is 1. The number of rotatable bonds is 3. The zero-order chi connectivity index (χ0) is 20.1. The van der Waals surface area contributed by atoms with Gasteiger partial charge in [0.1, 0.15) is 0 Å². The Hall–Kier alpha value is -1.09. The second-order valence-corrected chi connectivity index (χ2v) is 10.7. The molecule has 8 atom stereocenters. The molecule has 3 heteroatoms. The van der Waals surface area contributed by atoms with Crippen LogP contribution in [0.3, 0.4) is 0 Å². The molecule has 28 heavy (non-hydrogen) atoms. The molecule has 0 aromatic heterocycles. The van der Waals surface area contributed by atoms with Crippen molar-refractivity contribution < 1.29 is 14.6 Å². The van der Waals surface area contributed by atoms with Gasteiger partial charge in [0.15, 0.2) is 0 Å². The van der Waals surface area contributed by atoms with E-state index in [2.05, 4.69) is 19.9 Å². The van der Waals surface area contributed by atoms with Gasteiger partial charge in [0.2, 0.25) is 0 Å². The monoisotopic (exact) mass is 386 g/mol. The number of methoxy groups -OCH3 is 1. The van der Waals surface area contributed by atoms with Crippen LogP contribution >= 0.6 is 0 Å². The maximum Gasteiger partial charge on any atom is 0.330 e. The second-order valence-electron chi connectivity index (χ2n) is 10.7. The van der Waals surface area contributed by atoms with E-state index in [1.165, 1.54) is 45.6 Å². The first-order valence-corrected chi connectivity index (χ1v) is 11.4. The van der Waals surface area contributed by atoms with Crippen LogP contribution < -0.4 is 0 Å². The largest absolute Gasteiger partial charge is 0.466 e. The molecule has 3 nitrogen and oxygen atoms in total. The molecule has 156 valence electrons. The van der Waals surface area contributed by atoms with E-state index in [4.69, 9.17) is 4.74 Å². The van der Waals surface area contributed by atoms with Crippen molar-refractivity contribution in [3.05, 3.63) is 23.8 Å². The molecule has 0 saturated heterocycles. The predicted molar refractivity (Wildman–Crippen MR) is 112 cm³/mol. The van der Waals surface area contributed by atoms with E-state index in [1.807, 2.05) is 13.0 Å². The Morgan fingerprint density at radius 1 is 1.18 bits per heavy atom. The van der Waals surface area contributed by atoms with Crippen molar-refractivity contribution in [2.24, 2.45) is 40.9 Å². The number of esters is 1. The lowest BCUT2D eigenvalue weighted by Crippen LogP contribution is -2.50. The van der Waals surface area contributed by atoms with Crippen LogP contribution in [-0.2, 0) is 9.53 Å². The van der Waals surface area contributed by atoms with Crippen molar-refractivity contribution in [3.8, 4) is 0 Å². The van der Waals surface area contributed by atoms with Gasteiger partial charge in [0.25, 0.3) is 0 Å². The maximum absolute atomic E-state index is 11.5. The SMILES string of the molecule is COC(=O)/C=C/[C@@H](C)C1=CC[C@H]2[C@@H]3CC[C@H]4C[C@@](C)(O)CC[C@@H]4[C@H]3CC[C@]12C. The number of hydrogen-bond donors (Lipinski definition) is 1. The van der Waals surface area contributed by atoms with E-state index in [-0.39, 0.29) is 11.4 Å². The van der Waals surface area contributed by atoms with E-state index >= 15 is 0 Å². The van der Waals surface area contributed by atoms with Crippen molar-refractivity contribution in [1.29, 1.82) is 0 Å². The van der Waals surface area contributed by atoms with Gasteiger partial charge in [0, 0.05) is 6.08 Å². The maximum atomic E-state index is 11.5. The minimum absolute atomic E-state index is 0.262. The average molecular weight is 387 g/mol. The molecule has 3 saturated carbocycles.